The molecule has 0 aliphatic heterocycles. The minimum atomic E-state index is -1.16. The Bertz CT molecular complexity index is 542. The summed E-state index contributed by atoms with van der Waals surface area (Å²) in [5.41, 5.74) is 0.695. The molecule has 1 aromatic heterocycles. The molecule has 0 radical (unpaired) electrons. The summed E-state index contributed by atoms with van der Waals surface area (Å²) in [6.07, 6.45) is 4.20. The Balaban J connectivity index is 0.00000211. The van der Waals surface area contributed by atoms with Gasteiger partial charge >= 0.3 is 5.97 Å². The van der Waals surface area contributed by atoms with Gasteiger partial charge in [-0.15, -0.1) is 0 Å². The number of allylic oxidation sites excluding steroid dienone is 1. The van der Waals surface area contributed by atoms with Crippen molar-refractivity contribution in [1.29, 1.82) is 0 Å². The Morgan fingerprint density at radius 3 is 2.68 bits per heavy atom. The molecule has 0 aliphatic carbocycles. The van der Waals surface area contributed by atoms with E-state index in [9.17, 15) is 9.32 Å². The predicted molar refractivity (Wildman–Crippen MR) is 83.6 cm³/mol. The van der Waals surface area contributed by atoms with E-state index in [-0.39, 0.29) is 11.3 Å². The van der Waals surface area contributed by atoms with Crippen molar-refractivity contribution in [3.05, 3.63) is 60.5 Å². The SMILES string of the molecule is C=C(/C=C\C(=C)C(=O)OF)Oc1ncccc1CNC.CC. The summed E-state index contributed by atoms with van der Waals surface area (Å²) in [4.78, 5) is 17.9. The van der Waals surface area contributed by atoms with E-state index in [4.69, 9.17) is 4.74 Å². The third kappa shape index (κ3) is 6.81. The zero-order valence-corrected chi connectivity index (χ0v) is 13.1. The van der Waals surface area contributed by atoms with Crippen LogP contribution in [0.15, 0.2) is 55.0 Å². The van der Waals surface area contributed by atoms with Crippen LogP contribution in [-0.4, -0.2) is 18.0 Å². The third-order valence-electron chi connectivity index (χ3n) is 2.25. The van der Waals surface area contributed by atoms with E-state index < -0.39 is 5.97 Å². The molecule has 0 atom stereocenters. The number of carbonyl (C=O) groups is 1. The summed E-state index contributed by atoms with van der Waals surface area (Å²) in [6.45, 7) is 11.6. The van der Waals surface area contributed by atoms with E-state index >= 15 is 0 Å². The molecule has 0 amide bonds. The molecule has 6 heteroatoms. The van der Waals surface area contributed by atoms with Crippen molar-refractivity contribution in [3.63, 3.8) is 0 Å². The number of ether oxygens (including phenoxy) is 1. The van der Waals surface area contributed by atoms with Gasteiger partial charge in [-0.3, -0.25) is 0 Å². The monoisotopic (exact) mass is 308 g/mol. The van der Waals surface area contributed by atoms with Crippen LogP contribution >= 0.6 is 0 Å². The van der Waals surface area contributed by atoms with Gasteiger partial charge in [0.15, 0.2) is 0 Å². The van der Waals surface area contributed by atoms with Crippen molar-refractivity contribution < 1.29 is 19.0 Å². The van der Waals surface area contributed by atoms with Crippen LogP contribution in [0, 0.1) is 0 Å². The normalized spacial score (nSPS) is 9.64. The highest BCUT2D eigenvalue weighted by molar-refractivity contribution is 5.90. The van der Waals surface area contributed by atoms with Gasteiger partial charge in [0.05, 0.1) is 5.57 Å². The van der Waals surface area contributed by atoms with Gasteiger partial charge < -0.3 is 10.1 Å². The molecule has 0 saturated carbocycles. The molecule has 0 aliphatic rings. The molecule has 5 nitrogen and oxygen atoms in total. The fourth-order valence-corrected chi connectivity index (χ4v) is 1.31. The van der Waals surface area contributed by atoms with Crippen LogP contribution in [0.5, 0.6) is 5.88 Å². The predicted octanol–water partition coefficient (Wildman–Crippen LogP) is 3.26. The fraction of sp³-hybridized carbons (Fsp3) is 0.250. The maximum atomic E-state index is 11.6. The Kier molecular flexibility index (Phi) is 9.96. The van der Waals surface area contributed by atoms with Gasteiger partial charge in [0.25, 0.3) is 0 Å². The molecule has 1 aromatic rings. The molecule has 0 saturated heterocycles. The molecule has 1 heterocycles. The number of aromatic nitrogens is 1. The second-order valence-electron chi connectivity index (χ2n) is 3.79. The van der Waals surface area contributed by atoms with Crippen molar-refractivity contribution in [2.45, 2.75) is 20.4 Å². The van der Waals surface area contributed by atoms with Gasteiger partial charge in [-0.1, -0.05) is 33.1 Å². The molecule has 1 N–H and O–H groups in total. The fourth-order valence-electron chi connectivity index (χ4n) is 1.31. The highest BCUT2D eigenvalue weighted by Crippen LogP contribution is 2.17. The van der Waals surface area contributed by atoms with E-state index in [0.717, 1.165) is 5.56 Å². The van der Waals surface area contributed by atoms with Gasteiger partial charge in [-0.05, 0) is 25.3 Å². The van der Waals surface area contributed by atoms with Crippen LogP contribution in [0.3, 0.4) is 0 Å². The van der Waals surface area contributed by atoms with E-state index in [1.807, 2.05) is 19.9 Å². The molecule has 0 fully saturated rings. The number of hydrogen-bond donors (Lipinski definition) is 1. The highest BCUT2D eigenvalue weighted by atomic mass is 19.3. The van der Waals surface area contributed by atoms with Crippen LogP contribution in [0.2, 0.25) is 0 Å². The smallest absolute Gasteiger partial charge is 0.378 e. The molecular weight excluding hydrogens is 287 g/mol. The minimum absolute atomic E-state index is 0.159. The summed E-state index contributed by atoms with van der Waals surface area (Å²) < 4.78 is 17.1. The maximum absolute atomic E-state index is 11.6. The molecule has 22 heavy (non-hydrogen) atoms. The molecular formula is C16H21FN2O3. The number of nitrogens with one attached hydrogen (secondary N) is 1. The first-order valence-corrected chi connectivity index (χ1v) is 6.73. The maximum Gasteiger partial charge on any atom is 0.378 e. The summed E-state index contributed by atoms with van der Waals surface area (Å²) in [5.74, 6) is -0.535. The van der Waals surface area contributed by atoms with Gasteiger partial charge in [0.1, 0.15) is 5.76 Å². The van der Waals surface area contributed by atoms with E-state index in [0.29, 0.717) is 12.4 Å². The van der Waals surface area contributed by atoms with Crippen LogP contribution in [0.1, 0.15) is 19.4 Å². The number of halogens is 1. The zero-order valence-electron chi connectivity index (χ0n) is 13.1. The number of nitrogens with zero attached hydrogens (tertiary/aromatic N) is 1. The largest absolute Gasteiger partial charge is 0.439 e. The van der Waals surface area contributed by atoms with Gasteiger partial charge in [0.2, 0.25) is 5.88 Å². The van der Waals surface area contributed by atoms with Gasteiger partial charge in [-0.2, -0.15) is 0 Å². The van der Waals surface area contributed by atoms with Crippen LogP contribution in [-0.2, 0) is 16.3 Å². The second-order valence-corrected chi connectivity index (χ2v) is 3.79. The summed E-state index contributed by atoms with van der Waals surface area (Å²) >= 11 is 0. The lowest BCUT2D eigenvalue weighted by Crippen LogP contribution is -2.08. The number of hydrogen-bond acceptors (Lipinski definition) is 5. The first kappa shape index (κ1) is 19.5. The molecule has 0 aromatic carbocycles. The number of rotatable bonds is 7. The summed E-state index contributed by atoms with van der Waals surface area (Å²) in [7, 11) is 1.80. The van der Waals surface area contributed by atoms with Crippen LogP contribution in [0.4, 0.5) is 4.53 Å². The first-order valence-electron chi connectivity index (χ1n) is 6.73. The third-order valence-corrected chi connectivity index (χ3v) is 2.25. The van der Waals surface area contributed by atoms with Crippen LogP contribution < -0.4 is 10.1 Å². The van der Waals surface area contributed by atoms with Crippen molar-refractivity contribution >= 4 is 5.97 Å². The molecule has 0 bridgehead atoms. The number of carbonyl (C=O) groups excluding carboxylic acids is 1. The Hall–Kier alpha value is -2.47. The summed E-state index contributed by atoms with van der Waals surface area (Å²) in [5, 5.41) is 2.99. The average Bonchev–Trinajstić information content (AvgIpc) is 2.55. The highest BCUT2D eigenvalue weighted by Gasteiger charge is 2.07. The number of pyridine rings is 1. The average molecular weight is 308 g/mol. The zero-order chi connectivity index (χ0) is 17.0. The van der Waals surface area contributed by atoms with E-state index in [1.165, 1.54) is 12.2 Å². The van der Waals surface area contributed by atoms with Crippen molar-refractivity contribution in [1.82, 2.24) is 10.3 Å². The van der Waals surface area contributed by atoms with Crippen molar-refractivity contribution in [2.24, 2.45) is 0 Å². The Morgan fingerprint density at radius 2 is 2.09 bits per heavy atom. The minimum Gasteiger partial charge on any atom is -0.439 e. The van der Waals surface area contributed by atoms with Crippen molar-refractivity contribution in [2.75, 3.05) is 7.05 Å². The van der Waals surface area contributed by atoms with Crippen molar-refractivity contribution in [3.8, 4) is 5.88 Å². The lowest BCUT2D eigenvalue weighted by Gasteiger charge is -2.09. The topological polar surface area (TPSA) is 60.5 Å². The van der Waals surface area contributed by atoms with Gasteiger partial charge in [0, 0.05) is 22.8 Å². The lowest BCUT2D eigenvalue weighted by atomic mass is 10.2. The lowest BCUT2D eigenvalue weighted by molar-refractivity contribution is -0.177. The second kappa shape index (κ2) is 11.2. The van der Waals surface area contributed by atoms with Gasteiger partial charge in [-0.25, -0.2) is 14.7 Å². The molecule has 120 valence electrons. The summed E-state index contributed by atoms with van der Waals surface area (Å²) in [6, 6.07) is 3.65. The molecule has 0 spiro atoms. The Morgan fingerprint density at radius 1 is 1.41 bits per heavy atom. The molecule has 0 unspecified atom stereocenters. The first-order chi connectivity index (χ1) is 10.6. The van der Waals surface area contributed by atoms with E-state index in [1.54, 1.807) is 19.3 Å². The van der Waals surface area contributed by atoms with Crippen LogP contribution in [0.25, 0.3) is 0 Å². The standard InChI is InChI=1S/C14H15FN2O3.C2H6/c1-10(14(18)20-15)6-7-11(2)19-13-12(9-16-3)5-4-8-17-13;1-2/h4-8,16H,1-2,9H2,3H3;1-2H3/b7-6-;. The van der Waals surface area contributed by atoms with E-state index in [2.05, 4.69) is 28.4 Å². The quantitative estimate of drug-likeness (QED) is 0.476. The molecule has 1 rings (SSSR count). The Labute approximate surface area is 130 Å².